The molecule has 1 saturated heterocycles. The fraction of sp³-hybridized carbons (Fsp3) is 0.471. The van der Waals surface area contributed by atoms with Gasteiger partial charge in [-0.3, -0.25) is 4.90 Å². The number of piperidine rings is 1. The molecule has 0 bridgehead atoms. The van der Waals surface area contributed by atoms with Crippen LogP contribution in [0.4, 0.5) is 0 Å². The first-order valence-electron chi connectivity index (χ1n) is 7.81. The van der Waals surface area contributed by atoms with Gasteiger partial charge >= 0.3 is 0 Å². The lowest BCUT2D eigenvalue weighted by Crippen LogP contribution is -2.39. The van der Waals surface area contributed by atoms with E-state index in [1.54, 1.807) is 0 Å². The summed E-state index contributed by atoms with van der Waals surface area (Å²) in [5.74, 6) is 1.90. The Labute approximate surface area is 139 Å². The maximum Gasteiger partial charge on any atom is 0.127 e. The zero-order valence-electron chi connectivity index (χ0n) is 13.1. The minimum Gasteiger partial charge on any atom is -0.319 e. The van der Waals surface area contributed by atoms with Crippen molar-refractivity contribution in [3.63, 3.8) is 0 Å². The highest BCUT2D eigenvalue weighted by molar-refractivity contribution is 5.85. The summed E-state index contributed by atoms with van der Waals surface area (Å²) in [5.41, 5.74) is 1.19. The van der Waals surface area contributed by atoms with E-state index in [0.717, 1.165) is 24.8 Å². The summed E-state index contributed by atoms with van der Waals surface area (Å²) in [6, 6.07) is 10.5. The average molecular weight is 321 g/mol. The molecule has 1 atom stereocenters. The zero-order chi connectivity index (χ0) is 14.5. The molecule has 5 heteroatoms. The Morgan fingerprint density at radius 1 is 1.27 bits per heavy atom. The summed E-state index contributed by atoms with van der Waals surface area (Å²) < 4.78 is 2.20. The number of aromatic nitrogens is 2. The minimum atomic E-state index is 0. The van der Waals surface area contributed by atoms with Crippen LogP contribution in [-0.4, -0.2) is 41.1 Å². The van der Waals surface area contributed by atoms with E-state index in [4.69, 9.17) is 0 Å². The van der Waals surface area contributed by atoms with E-state index in [0.29, 0.717) is 0 Å². The molecule has 22 heavy (non-hydrogen) atoms. The Morgan fingerprint density at radius 3 is 2.86 bits per heavy atom. The van der Waals surface area contributed by atoms with Crippen molar-refractivity contribution < 1.29 is 0 Å². The summed E-state index contributed by atoms with van der Waals surface area (Å²) in [6.07, 6.45) is 6.58. The number of halogens is 1. The summed E-state index contributed by atoms with van der Waals surface area (Å²) in [5, 5.41) is 3.31. The standard InChI is InChI=1S/C17H24N4.ClH/c1-18-12-15-6-5-10-20(13-15)14-17-19-9-11-21(17)16-7-3-2-4-8-16;/h2-4,7-9,11,15,18H,5-6,10,12-14H2,1H3;1H. The van der Waals surface area contributed by atoms with Gasteiger partial charge in [-0.2, -0.15) is 0 Å². The van der Waals surface area contributed by atoms with Crippen LogP contribution in [0.25, 0.3) is 5.69 Å². The van der Waals surface area contributed by atoms with Crippen LogP contribution in [-0.2, 0) is 6.54 Å². The number of hydrogen-bond acceptors (Lipinski definition) is 3. The maximum absolute atomic E-state index is 4.56. The average Bonchev–Trinajstić information content (AvgIpc) is 2.97. The molecule has 2 aromatic rings. The van der Waals surface area contributed by atoms with E-state index >= 15 is 0 Å². The first kappa shape index (κ1) is 17.0. The molecule has 1 aromatic carbocycles. The van der Waals surface area contributed by atoms with Gasteiger partial charge in [0, 0.05) is 24.6 Å². The van der Waals surface area contributed by atoms with E-state index in [-0.39, 0.29) is 12.4 Å². The summed E-state index contributed by atoms with van der Waals surface area (Å²) in [4.78, 5) is 7.10. The number of hydrogen-bond donors (Lipinski definition) is 1. The minimum absolute atomic E-state index is 0. The number of nitrogens with one attached hydrogen (secondary N) is 1. The number of rotatable bonds is 5. The maximum atomic E-state index is 4.56. The van der Waals surface area contributed by atoms with E-state index in [2.05, 4.69) is 50.2 Å². The normalized spacial score (nSPS) is 18.9. The molecule has 1 aromatic heterocycles. The highest BCUT2D eigenvalue weighted by Gasteiger charge is 2.20. The fourth-order valence-corrected chi connectivity index (χ4v) is 3.23. The number of likely N-dealkylation sites (tertiary alicyclic amines) is 1. The summed E-state index contributed by atoms with van der Waals surface area (Å²) in [7, 11) is 2.04. The molecule has 1 aliphatic rings. The molecular formula is C17H25ClN4. The molecule has 1 unspecified atom stereocenters. The lowest BCUT2D eigenvalue weighted by atomic mass is 9.98. The molecule has 2 heterocycles. The monoisotopic (exact) mass is 320 g/mol. The van der Waals surface area contributed by atoms with Crippen molar-refractivity contribution in [3.05, 3.63) is 48.5 Å². The third-order valence-corrected chi connectivity index (χ3v) is 4.21. The second-order valence-corrected chi connectivity index (χ2v) is 5.85. The van der Waals surface area contributed by atoms with Gasteiger partial charge in [-0.1, -0.05) is 18.2 Å². The molecule has 120 valence electrons. The quantitative estimate of drug-likeness (QED) is 0.919. The van der Waals surface area contributed by atoms with Gasteiger partial charge < -0.3 is 9.88 Å². The zero-order valence-corrected chi connectivity index (χ0v) is 13.9. The van der Waals surface area contributed by atoms with Gasteiger partial charge in [0.2, 0.25) is 0 Å². The Hall–Kier alpha value is -1.36. The van der Waals surface area contributed by atoms with Gasteiger partial charge in [0.25, 0.3) is 0 Å². The predicted molar refractivity (Wildman–Crippen MR) is 92.7 cm³/mol. The van der Waals surface area contributed by atoms with Crippen molar-refractivity contribution in [1.29, 1.82) is 0 Å². The fourth-order valence-electron chi connectivity index (χ4n) is 3.23. The molecule has 0 spiro atoms. The Morgan fingerprint density at radius 2 is 2.09 bits per heavy atom. The third kappa shape index (κ3) is 4.09. The van der Waals surface area contributed by atoms with Crippen LogP contribution in [0, 0.1) is 5.92 Å². The number of imidazole rings is 1. The third-order valence-electron chi connectivity index (χ3n) is 4.21. The molecule has 0 saturated carbocycles. The summed E-state index contributed by atoms with van der Waals surface area (Å²) >= 11 is 0. The Balaban J connectivity index is 0.00000176. The molecule has 4 nitrogen and oxygen atoms in total. The van der Waals surface area contributed by atoms with Crippen molar-refractivity contribution in [3.8, 4) is 5.69 Å². The Bertz CT molecular complexity index is 553. The lowest BCUT2D eigenvalue weighted by Gasteiger charge is -2.32. The van der Waals surface area contributed by atoms with Crippen LogP contribution in [0.15, 0.2) is 42.7 Å². The van der Waals surface area contributed by atoms with Gasteiger partial charge in [0.1, 0.15) is 5.82 Å². The van der Waals surface area contributed by atoms with E-state index in [1.807, 2.05) is 19.3 Å². The second kappa shape index (κ2) is 8.32. The van der Waals surface area contributed by atoms with Crippen LogP contribution in [0.2, 0.25) is 0 Å². The Kier molecular flexibility index (Phi) is 6.43. The molecule has 1 aliphatic heterocycles. The molecule has 3 rings (SSSR count). The number of benzene rings is 1. The van der Waals surface area contributed by atoms with Crippen molar-refractivity contribution in [1.82, 2.24) is 19.8 Å². The van der Waals surface area contributed by atoms with Gasteiger partial charge in [-0.25, -0.2) is 4.98 Å². The molecule has 0 radical (unpaired) electrons. The van der Waals surface area contributed by atoms with E-state index < -0.39 is 0 Å². The first-order chi connectivity index (χ1) is 10.4. The van der Waals surface area contributed by atoms with Crippen molar-refractivity contribution in [2.75, 3.05) is 26.7 Å². The van der Waals surface area contributed by atoms with Crippen molar-refractivity contribution in [2.45, 2.75) is 19.4 Å². The summed E-state index contributed by atoms with van der Waals surface area (Å²) in [6.45, 7) is 4.40. The van der Waals surface area contributed by atoms with Crippen LogP contribution in [0.1, 0.15) is 18.7 Å². The van der Waals surface area contributed by atoms with Gasteiger partial charge in [0.05, 0.1) is 6.54 Å². The van der Waals surface area contributed by atoms with Crippen LogP contribution in [0.3, 0.4) is 0 Å². The SMILES string of the molecule is CNCC1CCCN(Cc2nccn2-c2ccccc2)C1.Cl. The first-order valence-corrected chi connectivity index (χ1v) is 7.81. The van der Waals surface area contributed by atoms with Crippen molar-refractivity contribution >= 4 is 12.4 Å². The number of nitrogens with zero attached hydrogens (tertiary/aromatic N) is 3. The van der Waals surface area contributed by atoms with E-state index in [9.17, 15) is 0 Å². The van der Waals surface area contributed by atoms with Gasteiger partial charge in [-0.15, -0.1) is 12.4 Å². The van der Waals surface area contributed by atoms with Crippen LogP contribution in [0.5, 0.6) is 0 Å². The van der Waals surface area contributed by atoms with E-state index in [1.165, 1.54) is 31.6 Å². The van der Waals surface area contributed by atoms with Crippen molar-refractivity contribution in [2.24, 2.45) is 5.92 Å². The topological polar surface area (TPSA) is 33.1 Å². The largest absolute Gasteiger partial charge is 0.319 e. The van der Waals surface area contributed by atoms with Crippen LogP contribution < -0.4 is 5.32 Å². The second-order valence-electron chi connectivity index (χ2n) is 5.85. The predicted octanol–water partition coefficient (Wildman–Crippen LogP) is 2.73. The van der Waals surface area contributed by atoms with Crippen LogP contribution >= 0.6 is 12.4 Å². The number of para-hydroxylation sites is 1. The smallest absolute Gasteiger partial charge is 0.127 e. The molecule has 0 aliphatic carbocycles. The molecule has 1 fully saturated rings. The molecular weight excluding hydrogens is 296 g/mol. The highest BCUT2D eigenvalue weighted by Crippen LogP contribution is 2.19. The van der Waals surface area contributed by atoms with Gasteiger partial charge in [0.15, 0.2) is 0 Å². The molecule has 1 N–H and O–H groups in total. The van der Waals surface area contributed by atoms with Gasteiger partial charge in [-0.05, 0) is 51.0 Å². The molecule has 0 amide bonds. The lowest BCUT2D eigenvalue weighted by molar-refractivity contribution is 0.163. The highest BCUT2D eigenvalue weighted by atomic mass is 35.5.